The molecule has 2 amide bonds. The largest absolute Gasteiger partial charge is 0.335 e. The molecule has 0 aliphatic carbocycles. The van der Waals surface area contributed by atoms with Crippen molar-refractivity contribution in [1.82, 2.24) is 10.1 Å². The Labute approximate surface area is 177 Å². The van der Waals surface area contributed by atoms with Gasteiger partial charge in [0.05, 0.1) is 33.0 Å². The zero-order chi connectivity index (χ0) is 21.3. The quantitative estimate of drug-likeness (QED) is 0.480. The van der Waals surface area contributed by atoms with E-state index in [4.69, 9.17) is 16.1 Å². The van der Waals surface area contributed by atoms with Crippen LogP contribution in [0.5, 0.6) is 0 Å². The number of rotatable bonds is 4. The Morgan fingerprint density at radius 1 is 1.03 bits per heavy atom. The molecule has 0 fully saturated rings. The van der Waals surface area contributed by atoms with Gasteiger partial charge in [0.1, 0.15) is 0 Å². The standard InChI is InChI=1S/C22H17ClN4O3/c1-12-20-16(11-19(26-22(20)30-27-12)14-6-4-3-5-7-14)21(29)25-18-9-8-15(10-17(18)23)24-13(2)28/h3-11H,1-2H3,(H,24,28)(H,25,29). The fourth-order valence-corrected chi connectivity index (χ4v) is 3.35. The second kappa shape index (κ2) is 7.96. The topological polar surface area (TPSA) is 97.1 Å². The molecule has 2 aromatic heterocycles. The zero-order valence-electron chi connectivity index (χ0n) is 16.2. The number of nitrogens with one attached hydrogen (secondary N) is 2. The molecule has 0 bridgehead atoms. The molecule has 2 aromatic carbocycles. The number of aromatic nitrogens is 2. The van der Waals surface area contributed by atoms with Gasteiger partial charge >= 0.3 is 0 Å². The average Bonchev–Trinajstić information content (AvgIpc) is 3.10. The molecule has 8 heteroatoms. The van der Waals surface area contributed by atoms with Crippen molar-refractivity contribution >= 4 is 45.9 Å². The Hall–Kier alpha value is -3.71. The van der Waals surface area contributed by atoms with Crippen molar-refractivity contribution in [2.24, 2.45) is 0 Å². The van der Waals surface area contributed by atoms with Crippen molar-refractivity contribution in [3.8, 4) is 11.3 Å². The molecule has 30 heavy (non-hydrogen) atoms. The molecule has 0 unspecified atom stereocenters. The third kappa shape index (κ3) is 3.88. The van der Waals surface area contributed by atoms with Gasteiger partial charge in [0.15, 0.2) is 0 Å². The van der Waals surface area contributed by atoms with E-state index in [1.807, 2.05) is 30.3 Å². The van der Waals surface area contributed by atoms with Gasteiger partial charge in [-0.1, -0.05) is 47.1 Å². The predicted molar refractivity (Wildman–Crippen MR) is 116 cm³/mol. The van der Waals surface area contributed by atoms with E-state index in [2.05, 4.69) is 20.8 Å². The highest BCUT2D eigenvalue weighted by molar-refractivity contribution is 6.34. The highest BCUT2D eigenvalue weighted by Crippen LogP contribution is 2.30. The number of aryl methyl sites for hydroxylation is 1. The third-order valence-corrected chi connectivity index (χ3v) is 4.78. The summed E-state index contributed by atoms with van der Waals surface area (Å²) in [7, 11) is 0. The van der Waals surface area contributed by atoms with E-state index in [9.17, 15) is 9.59 Å². The molecule has 0 aliphatic heterocycles. The Morgan fingerprint density at radius 3 is 2.50 bits per heavy atom. The van der Waals surface area contributed by atoms with E-state index in [0.29, 0.717) is 38.7 Å². The van der Waals surface area contributed by atoms with E-state index >= 15 is 0 Å². The van der Waals surface area contributed by atoms with Crippen LogP contribution in [0, 0.1) is 6.92 Å². The molecule has 7 nitrogen and oxygen atoms in total. The molecule has 0 atom stereocenters. The number of hydrogen-bond acceptors (Lipinski definition) is 5. The van der Waals surface area contributed by atoms with Crippen LogP contribution in [0.25, 0.3) is 22.4 Å². The first kappa shape index (κ1) is 19.6. The summed E-state index contributed by atoms with van der Waals surface area (Å²) >= 11 is 6.29. The van der Waals surface area contributed by atoms with Gasteiger partial charge in [-0.25, -0.2) is 4.98 Å². The Morgan fingerprint density at radius 2 is 1.80 bits per heavy atom. The molecule has 150 valence electrons. The van der Waals surface area contributed by atoms with Crippen molar-refractivity contribution in [2.45, 2.75) is 13.8 Å². The van der Waals surface area contributed by atoms with Crippen LogP contribution < -0.4 is 10.6 Å². The molecule has 0 spiro atoms. The Bertz CT molecular complexity index is 1270. The number of pyridine rings is 1. The van der Waals surface area contributed by atoms with E-state index < -0.39 is 0 Å². The number of carbonyl (C=O) groups is 2. The molecule has 2 heterocycles. The van der Waals surface area contributed by atoms with Gasteiger partial charge in [0.2, 0.25) is 5.91 Å². The highest BCUT2D eigenvalue weighted by atomic mass is 35.5. The van der Waals surface area contributed by atoms with Crippen molar-refractivity contribution in [3.63, 3.8) is 0 Å². The first-order valence-electron chi connectivity index (χ1n) is 9.13. The van der Waals surface area contributed by atoms with Gasteiger partial charge in [-0.15, -0.1) is 0 Å². The minimum Gasteiger partial charge on any atom is -0.335 e. The van der Waals surface area contributed by atoms with E-state index in [1.165, 1.54) is 6.92 Å². The van der Waals surface area contributed by atoms with E-state index in [-0.39, 0.29) is 17.5 Å². The molecule has 0 radical (unpaired) electrons. The van der Waals surface area contributed by atoms with Crippen LogP contribution in [-0.4, -0.2) is 22.0 Å². The summed E-state index contributed by atoms with van der Waals surface area (Å²) in [6.45, 7) is 3.16. The zero-order valence-corrected chi connectivity index (χ0v) is 16.9. The van der Waals surface area contributed by atoms with Crippen molar-refractivity contribution in [3.05, 3.63) is 70.9 Å². The van der Waals surface area contributed by atoms with Gasteiger partial charge in [-0.05, 0) is 31.2 Å². The summed E-state index contributed by atoms with van der Waals surface area (Å²) in [5, 5.41) is 10.3. The van der Waals surface area contributed by atoms with Gasteiger partial charge in [-0.3, -0.25) is 9.59 Å². The number of halogens is 1. The fourth-order valence-electron chi connectivity index (χ4n) is 3.12. The van der Waals surface area contributed by atoms with Crippen molar-refractivity contribution in [1.29, 1.82) is 0 Å². The number of amides is 2. The van der Waals surface area contributed by atoms with E-state index in [0.717, 1.165) is 5.56 Å². The Balaban J connectivity index is 1.72. The number of anilines is 2. The Kier molecular flexibility index (Phi) is 5.20. The molecule has 0 saturated heterocycles. The fraction of sp³-hybridized carbons (Fsp3) is 0.0909. The van der Waals surface area contributed by atoms with Gasteiger partial charge in [0, 0.05) is 18.2 Å². The number of hydrogen-bond donors (Lipinski definition) is 2. The summed E-state index contributed by atoms with van der Waals surface area (Å²) in [5.41, 5.74) is 3.62. The van der Waals surface area contributed by atoms with Gasteiger partial charge in [-0.2, -0.15) is 0 Å². The summed E-state index contributed by atoms with van der Waals surface area (Å²) in [5.74, 6) is -0.585. The number of benzene rings is 2. The highest BCUT2D eigenvalue weighted by Gasteiger charge is 2.20. The first-order chi connectivity index (χ1) is 14.4. The minimum absolute atomic E-state index is 0.210. The van der Waals surface area contributed by atoms with Crippen LogP contribution in [0.4, 0.5) is 11.4 Å². The maximum absolute atomic E-state index is 13.1. The summed E-state index contributed by atoms with van der Waals surface area (Å²) < 4.78 is 5.32. The van der Waals surface area contributed by atoms with Crippen LogP contribution >= 0.6 is 11.6 Å². The van der Waals surface area contributed by atoms with Crippen LogP contribution in [-0.2, 0) is 4.79 Å². The molecular weight excluding hydrogens is 404 g/mol. The lowest BCUT2D eigenvalue weighted by Gasteiger charge is -2.11. The maximum Gasteiger partial charge on any atom is 0.259 e. The number of fused-ring (bicyclic) bond motifs is 1. The van der Waals surface area contributed by atoms with Gasteiger partial charge in [0.25, 0.3) is 11.6 Å². The average molecular weight is 421 g/mol. The number of nitrogens with zero attached hydrogens (tertiary/aromatic N) is 2. The molecule has 0 saturated carbocycles. The second-order valence-electron chi connectivity index (χ2n) is 6.70. The SMILES string of the molecule is CC(=O)Nc1ccc(NC(=O)c2cc(-c3ccccc3)nc3onc(C)c23)c(Cl)c1. The van der Waals surface area contributed by atoms with Crippen LogP contribution in [0.1, 0.15) is 23.0 Å². The summed E-state index contributed by atoms with van der Waals surface area (Å²) in [4.78, 5) is 28.8. The number of carbonyl (C=O) groups excluding carboxylic acids is 2. The van der Waals surface area contributed by atoms with Crippen LogP contribution in [0.15, 0.2) is 59.1 Å². The summed E-state index contributed by atoms with van der Waals surface area (Å²) in [6.07, 6.45) is 0. The molecule has 0 aliphatic rings. The molecule has 4 aromatic rings. The van der Waals surface area contributed by atoms with Crippen LogP contribution in [0.3, 0.4) is 0 Å². The first-order valence-corrected chi connectivity index (χ1v) is 9.51. The smallest absolute Gasteiger partial charge is 0.259 e. The lowest BCUT2D eigenvalue weighted by Crippen LogP contribution is -2.14. The summed E-state index contributed by atoms with van der Waals surface area (Å²) in [6, 6.07) is 16.0. The minimum atomic E-state index is -0.375. The van der Waals surface area contributed by atoms with Crippen molar-refractivity contribution in [2.75, 3.05) is 10.6 Å². The third-order valence-electron chi connectivity index (χ3n) is 4.47. The molecule has 4 rings (SSSR count). The van der Waals surface area contributed by atoms with E-state index in [1.54, 1.807) is 31.2 Å². The van der Waals surface area contributed by atoms with Crippen LogP contribution in [0.2, 0.25) is 5.02 Å². The second-order valence-corrected chi connectivity index (χ2v) is 7.11. The molecule has 2 N–H and O–H groups in total. The maximum atomic E-state index is 13.1. The monoisotopic (exact) mass is 420 g/mol. The normalized spacial score (nSPS) is 10.8. The predicted octanol–water partition coefficient (Wildman–Crippen LogP) is 5.06. The van der Waals surface area contributed by atoms with Gasteiger partial charge < -0.3 is 15.2 Å². The lowest BCUT2D eigenvalue weighted by molar-refractivity contribution is -0.114. The molecular formula is C22H17ClN4O3. The lowest BCUT2D eigenvalue weighted by atomic mass is 10.0. The van der Waals surface area contributed by atoms with Crippen molar-refractivity contribution < 1.29 is 14.1 Å².